The maximum Gasteiger partial charge on any atom is 0.228 e. The van der Waals surface area contributed by atoms with E-state index in [0.717, 1.165) is 5.56 Å². The predicted molar refractivity (Wildman–Crippen MR) is 71.6 cm³/mol. The van der Waals surface area contributed by atoms with Gasteiger partial charge in [-0.2, -0.15) is 0 Å². The largest absolute Gasteiger partial charge is 0.323 e. The van der Waals surface area contributed by atoms with E-state index >= 15 is 0 Å². The molecule has 2 saturated carbocycles. The molecule has 2 aliphatic rings. The smallest absolute Gasteiger partial charge is 0.228 e. The summed E-state index contributed by atoms with van der Waals surface area (Å²) in [5.74, 6) is 1.58. The minimum Gasteiger partial charge on any atom is -0.323 e. The zero-order chi connectivity index (χ0) is 12.7. The van der Waals surface area contributed by atoms with Crippen LogP contribution in [0.2, 0.25) is 5.15 Å². The van der Waals surface area contributed by atoms with Crippen LogP contribution in [0, 0.1) is 24.7 Å². The Bertz CT molecular complexity index is 477. The van der Waals surface area contributed by atoms with Crippen LogP contribution in [-0.2, 0) is 4.79 Å². The number of hydrogen-bond acceptors (Lipinski definition) is 2. The summed E-state index contributed by atoms with van der Waals surface area (Å²) in [6.45, 7) is 1.94. The number of nitrogens with one attached hydrogen (secondary N) is 1. The Labute approximate surface area is 112 Å². The first-order chi connectivity index (χ1) is 8.66. The molecule has 4 heteroatoms. The number of carbonyl (C=O) groups is 1. The maximum absolute atomic E-state index is 12.2. The zero-order valence-corrected chi connectivity index (χ0v) is 11.2. The summed E-state index contributed by atoms with van der Waals surface area (Å²) in [7, 11) is 0. The zero-order valence-electron chi connectivity index (χ0n) is 10.4. The fourth-order valence-electron chi connectivity index (χ4n) is 3.24. The van der Waals surface area contributed by atoms with Crippen molar-refractivity contribution in [2.45, 2.75) is 32.6 Å². The summed E-state index contributed by atoms with van der Waals surface area (Å²) >= 11 is 5.99. The van der Waals surface area contributed by atoms with Crippen molar-refractivity contribution in [3.63, 3.8) is 0 Å². The number of aryl methyl sites for hydroxylation is 1. The topological polar surface area (TPSA) is 42.0 Å². The number of nitrogens with zero attached hydrogens (tertiary/aromatic N) is 1. The molecule has 2 fully saturated rings. The van der Waals surface area contributed by atoms with Crippen LogP contribution >= 0.6 is 11.6 Å². The SMILES string of the molecule is Cc1cnc(Cl)c(NC(=O)C2C3CCCCC32)c1. The summed E-state index contributed by atoms with van der Waals surface area (Å²) in [5.41, 5.74) is 1.65. The summed E-state index contributed by atoms with van der Waals surface area (Å²) in [6, 6.07) is 1.87. The molecule has 1 N–H and O–H groups in total. The standard InChI is InChI=1S/C14H17ClN2O/c1-8-6-11(13(15)16-7-8)17-14(18)12-9-4-2-3-5-10(9)12/h6-7,9-10,12H,2-5H2,1H3,(H,17,18). The van der Waals surface area contributed by atoms with Gasteiger partial charge in [0, 0.05) is 12.1 Å². The Morgan fingerprint density at radius 1 is 1.39 bits per heavy atom. The summed E-state index contributed by atoms with van der Waals surface area (Å²) in [6.07, 6.45) is 6.68. The van der Waals surface area contributed by atoms with Crippen molar-refractivity contribution in [3.8, 4) is 0 Å². The van der Waals surface area contributed by atoms with E-state index in [-0.39, 0.29) is 11.8 Å². The Balaban J connectivity index is 1.69. The Hall–Kier alpha value is -1.09. The van der Waals surface area contributed by atoms with Crippen LogP contribution in [0.25, 0.3) is 0 Å². The molecule has 1 heterocycles. The third-order valence-corrected chi connectivity index (χ3v) is 4.49. The first kappa shape index (κ1) is 12.0. The van der Waals surface area contributed by atoms with Crippen molar-refractivity contribution < 1.29 is 4.79 Å². The van der Waals surface area contributed by atoms with Gasteiger partial charge in [-0.1, -0.05) is 24.4 Å². The van der Waals surface area contributed by atoms with Gasteiger partial charge in [0.2, 0.25) is 5.91 Å². The molecule has 2 atom stereocenters. The second-order valence-corrected chi connectivity index (χ2v) is 5.84. The quantitative estimate of drug-likeness (QED) is 0.832. The highest BCUT2D eigenvalue weighted by molar-refractivity contribution is 6.32. The first-order valence-corrected chi connectivity index (χ1v) is 6.97. The molecule has 2 aliphatic carbocycles. The van der Waals surface area contributed by atoms with Crippen molar-refractivity contribution in [1.29, 1.82) is 0 Å². The fraction of sp³-hybridized carbons (Fsp3) is 0.571. The number of amides is 1. The minimum absolute atomic E-state index is 0.126. The van der Waals surface area contributed by atoms with Crippen LogP contribution in [0.1, 0.15) is 31.2 Å². The summed E-state index contributed by atoms with van der Waals surface area (Å²) in [4.78, 5) is 16.3. The van der Waals surface area contributed by atoms with Crippen LogP contribution in [0.15, 0.2) is 12.3 Å². The molecule has 18 heavy (non-hydrogen) atoms. The van der Waals surface area contributed by atoms with Gasteiger partial charge in [0.15, 0.2) is 5.15 Å². The number of pyridine rings is 1. The summed E-state index contributed by atoms with van der Waals surface area (Å²) in [5, 5.41) is 3.31. The number of fused-ring (bicyclic) bond motifs is 1. The van der Waals surface area contributed by atoms with E-state index in [1.165, 1.54) is 25.7 Å². The molecule has 0 saturated heterocycles. The van der Waals surface area contributed by atoms with E-state index in [1.54, 1.807) is 6.20 Å². The average molecular weight is 265 g/mol. The molecule has 0 bridgehead atoms. The number of rotatable bonds is 2. The molecule has 0 radical (unpaired) electrons. The van der Waals surface area contributed by atoms with Crippen molar-refractivity contribution in [2.75, 3.05) is 5.32 Å². The second-order valence-electron chi connectivity index (χ2n) is 5.48. The third-order valence-electron chi connectivity index (χ3n) is 4.19. The third kappa shape index (κ3) is 2.12. The molecule has 1 aromatic rings. The number of halogens is 1. The molecule has 1 aromatic heterocycles. The van der Waals surface area contributed by atoms with Crippen molar-refractivity contribution in [1.82, 2.24) is 4.98 Å². The molecule has 96 valence electrons. The highest BCUT2D eigenvalue weighted by Crippen LogP contribution is 2.55. The molecule has 0 spiro atoms. The lowest BCUT2D eigenvalue weighted by molar-refractivity contribution is -0.117. The fourth-order valence-corrected chi connectivity index (χ4v) is 3.39. The predicted octanol–water partition coefficient (Wildman–Crippen LogP) is 3.42. The highest BCUT2D eigenvalue weighted by Gasteiger charge is 2.54. The van der Waals surface area contributed by atoms with E-state index < -0.39 is 0 Å². The molecular formula is C14H17ClN2O. The molecular weight excluding hydrogens is 248 g/mol. The van der Waals surface area contributed by atoms with E-state index in [4.69, 9.17) is 11.6 Å². The number of hydrogen-bond donors (Lipinski definition) is 1. The maximum atomic E-state index is 12.2. The van der Waals surface area contributed by atoms with Gasteiger partial charge in [0.1, 0.15) is 0 Å². The van der Waals surface area contributed by atoms with Gasteiger partial charge in [0.05, 0.1) is 5.69 Å². The van der Waals surface area contributed by atoms with Gasteiger partial charge in [-0.15, -0.1) is 0 Å². The molecule has 3 nitrogen and oxygen atoms in total. The van der Waals surface area contributed by atoms with E-state index in [1.807, 2.05) is 13.0 Å². The van der Waals surface area contributed by atoms with Crippen molar-refractivity contribution in [2.24, 2.45) is 17.8 Å². The monoisotopic (exact) mass is 264 g/mol. The second kappa shape index (κ2) is 4.54. The highest BCUT2D eigenvalue weighted by atomic mass is 35.5. The van der Waals surface area contributed by atoms with E-state index in [2.05, 4.69) is 10.3 Å². The van der Waals surface area contributed by atoms with Crippen LogP contribution in [0.5, 0.6) is 0 Å². The van der Waals surface area contributed by atoms with Crippen LogP contribution in [0.3, 0.4) is 0 Å². The molecule has 0 aliphatic heterocycles. The summed E-state index contributed by atoms with van der Waals surface area (Å²) < 4.78 is 0. The van der Waals surface area contributed by atoms with Gasteiger partial charge < -0.3 is 5.32 Å². The molecule has 2 unspecified atom stereocenters. The number of anilines is 1. The first-order valence-electron chi connectivity index (χ1n) is 6.60. The van der Waals surface area contributed by atoms with Crippen molar-refractivity contribution >= 4 is 23.2 Å². The van der Waals surface area contributed by atoms with E-state index in [9.17, 15) is 4.79 Å². The lowest BCUT2D eigenvalue weighted by Crippen LogP contribution is -2.16. The van der Waals surface area contributed by atoms with E-state index in [0.29, 0.717) is 22.7 Å². The number of aromatic nitrogens is 1. The van der Waals surface area contributed by atoms with Gasteiger partial charge in [-0.05, 0) is 43.2 Å². The van der Waals surface area contributed by atoms with Crippen LogP contribution in [0.4, 0.5) is 5.69 Å². The lowest BCUT2D eigenvalue weighted by atomic mass is 10.0. The van der Waals surface area contributed by atoms with Gasteiger partial charge in [0.25, 0.3) is 0 Å². The lowest BCUT2D eigenvalue weighted by Gasteiger charge is -2.07. The van der Waals surface area contributed by atoms with Crippen molar-refractivity contribution in [3.05, 3.63) is 23.0 Å². The minimum atomic E-state index is 0.126. The Morgan fingerprint density at radius 3 is 2.72 bits per heavy atom. The molecule has 0 aromatic carbocycles. The Morgan fingerprint density at radius 2 is 2.06 bits per heavy atom. The molecule has 3 rings (SSSR count). The van der Waals surface area contributed by atoms with Gasteiger partial charge in [-0.25, -0.2) is 4.98 Å². The Kier molecular flexibility index (Phi) is 3.02. The number of carbonyl (C=O) groups excluding carboxylic acids is 1. The van der Waals surface area contributed by atoms with Gasteiger partial charge >= 0.3 is 0 Å². The van der Waals surface area contributed by atoms with Gasteiger partial charge in [-0.3, -0.25) is 4.79 Å². The average Bonchev–Trinajstić information content (AvgIpc) is 3.08. The van der Waals surface area contributed by atoms with Crippen LogP contribution < -0.4 is 5.32 Å². The van der Waals surface area contributed by atoms with Crippen LogP contribution in [-0.4, -0.2) is 10.9 Å². The molecule has 1 amide bonds. The normalized spacial score (nSPS) is 29.6.